The maximum atomic E-state index is 10.6. The first-order valence-corrected chi connectivity index (χ1v) is 11.1. The zero-order valence-electron chi connectivity index (χ0n) is 18.5. The number of thiazole rings is 1. The van der Waals surface area contributed by atoms with Crippen LogP contribution in [0, 0.1) is 5.92 Å². The zero-order chi connectivity index (χ0) is 22.7. The summed E-state index contributed by atoms with van der Waals surface area (Å²) in [5, 5.41) is 3.39. The number of rotatable bonds is 7. The third-order valence-corrected chi connectivity index (χ3v) is 5.95. The van der Waals surface area contributed by atoms with Gasteiger partial charge in [-0.05, 0) is 45.0 Å². The van der Waals surface area contributed by atoms with Crippen LogP contribution in [-0.2, 0) is 4.79 Å². The summed E-state index contributed by atoms with van der Waals surface area (Å²) >= 11 is 1.45. The minimum atomic E-state index is 0. The first-order chi connectivity index (χ1) is 15.5. The van der Waals surface area contributed by atoms with Crippen LogP contribution in [0.2, 0.25) is 0 Å². The summed E-state index contributed by atoms with van der Waals surface area (Å²) in [6.07, 6.45) is 5.35. The Kier molecular flexibility index (Phi) is 6.52. The molecule has 1 amide bonds. The topological polar surface area (TPSA) is 105 Å². The van der Waals surface area contributed by atoms with Crippen LogP contribution < -0.4 is 14.8 Å². The van der Waals surface area contributed by atoms with Crippen LogP contribution in [0.15, 0.2) is 23.8 Å². The van der Waals surface area contributed by atoms with Gasteiger partial charge in [-0.2, -0.15) is 4.98 Å². The number of amides is 1. The minimum absolute atomic E-state index is 0. The van der Waals surface area contributed by atoms with Crippen LogP contribution in [0.4, 0.5) is 5.82 Å². The van der Waals surface area contributed by atoms with Crippen LogP contribution >= 0.6 is 11.3 Å². The van der Waals surface area contributed by atoms with E-state index in [4.69, 9.17) is 9.47 Å². The van der Waals surface area contributed by atoms with Gasteiger partial charge in [0.15, 0.2) is 11.4 Å². The van der Waals surface area contributed by atoms with E-state index < -0.39 is 0 Å². The summed E-state index contributed by atoms with van der Waals surface area (Å²) in [5.41, 5.74) is 4.51. The first kappa shape index (κ1) is 22.0. The fourth-order valence-electron chi connectivity index (χ4n) is 3.59. The quantitative estimate of drug-likeness (QED) is 0.398. The van der Waals surface area contributed by atoms with Crippen molar-refractivity contribution < 1.29 is 17.1 Å². The molecule has 172 valence electrons. The molecule has 1 fully saturated rings. The highest BCUT2D eigenvalue weighted by atomic mass is 32.1. The molecule has 0 bridgehead atoms. The lowest BCUT2D eigenvalue weighted by Crippen LogP contribution is -2.14. The second-order valence-electron chi connectivity index (χ2n) is 7.80. The monoisotopic (exact) mass is 458 g/mol. The van der Waals surface area contributed by atoms with Crippen LogP contribution in [-0.4, -0.2) is 66.1 Å². The molecule has 0 atom stereocenters. The van der Waals surface area contributed by atoms with Crippen molar-refractivity contribution in [2.75, 3.05) is 40.2 Å². The number of ether oxygens (including phenoxy) is 2. The number of fused-ring (bicyclic) bond motifs is 2. The molecule has 1 saturated carbocycles. The van der Waals surface area contributed by atoms with Crippen molar-refractivity contribution in [3.8, 4) is 22.8 Å². The Hall–Kier alpha value is -3.24. The van der Waals surface area contributed by atoms with Gasteiger partial charge in [-0.15, -0.1) is 11.3 Å². The van der Waals surface area contributed by atoms with Gasteiger partial charge in [0.25, 0.3) is 0 Å². The fourth-order valence-corrected chi connectivity index (χ4v) is 4.34. The van der Waals surface area contributed by atoms with Gasteiger partial charge in [-0.25, -0.2) is 9.97 Å². The molecule has 2 N–H and O–H groups in total. The van der Waals surface area contributed by atoms with E-state index in [1.165, 1.54) is 30.7 Å². The minimum Gasteiger partial charge on any atom is -0.494 e. The summed E-state index contributed by atoms with van der Waals surface area (Å²) in [6.45, 7) is 1.31. The van der Waals surface area contributed by atoms with Crippen LogP contribution in [0.3, 0.4) is 0 Å². The highest BCUT2D eigenvalue weighted by Gasteiger charge is 2.23. The van der Waals surface area contributed by atoms with Gasteiger partial charge in [0.05, 0.1) is 25.3 Å². The standard InChI is InChI=1S/C16H13N5O3S.C6H13N.2H2/c1-23-12-11(16(24-2)21-15-13(12)25-7-19-15)9-5-17-14-8(9)3-4-10(20-14)18-6-22;1-7(2)5-6-3-4-6;;/h3-7H,1-2H3,(H2,17,18,20,22);6H,3-5H2,1-2H3;2*1H. The molecule has 32 heavy (non-hydrogen) atoms. The van der Waals surface area contributed by atoms with Gasteiger partial charge in [0.1, 0.15) is 16.2 Å². The summed E-state index contributed by atoms with van der Waals surface area (Å²) in [7, 11) is 7.44. The number of hydrogen-bond acceptors (Lipinski definition) is 8. The highest BCUT2D eigenvalue weighted by Crippen LogP contribution is 2.45. The number of carbonyl (C=O) groups is 1. The van der Waals surface area contributed by atoms with Crippen LogP contribution in [0.1, 0.15) is 15.7 Å². The Morgan fingerprint density at radius 1 is 1.28 bits per heavy atom. The van der Waals surface area contributed by atoms with Crippen molar-refractivity contribution in [2.45, 2.75) is 12.8 Å². The molecule has 9 nitrogen and oxygen atoms in total. The largest absolute Gasteiger partial charge is 0.494 e. The molecular weight excluding hydrogens is 428 g/mol. The van der Waals surface area contributed by atoms with Crippen molar-refractivity contribution in [1.29, 1.82) is 0 Å². The normalized spacial score (nSPS) is 13.2. The Labute approximate surface area is 192 Å². The summed E-state index contributed by atoms with van der Waals surface area (Å²) in [5.74, 6) is 2.59. The number of aromatic amines is 1. The molecule has 5 rings (SSSR count). The number of nitrogens with zero attached hydrogens (tertiary/aromatic N) is 4. The number of nitrogens with one attached hydrogen (secondary N) is 2. The van der Waals surface area contributed by atoms with Crippen molar-refractivity contribution in [3.05, 3.63) is 23.8 Å². The number of pyridine rings is 2. The third-order valence-electron chi connectivity index (χ3n) is 5.14. The molecule has 0 radical (unpaired) electrons. The van der Waals surface area contributed by atoms with E-state index in [9.17, 15) is 4.79 Å². The summed E-state index contributed by atoms with van der Waals surface area (Å²) < 4.78 is 12.0. The summed E-state index contributed by atoms with van der Waals surface area (Å²) in [4.78, 5) is 29.0. The van der Waals surface area contributed by atoms with Crippen molar-refractivity contribution in [3.63, 3.8) is 0 Å². The van der Waals surface area contributed by atoms with E-state index in [1.54, 1.807) is 25.8 Å². The molecule has 0 aromatic carbocycles. The first-order valence-electron chi connectivity index (χ1n) is 10.2. The molecule has 4 heterocycles. The van der Waals surface area contributed by atoms with E-state index in [0.29, 0.717) is 35.2 Å². The Bertz CT molecular complexity index is 1240. The maximum Gasteiger partial charge on any atom is 0.227 e. The lowest BCUT2D eigenvalue weighted by atomic mass is 10.1. The Morgan fingerprint density at radius 2 is 2.09 bits per heavy atom. The molecule has 0 unspecified atom stereocenters. The van der Waals surface area contributed by atoms with Gasteiger partial charge in [0.2, 0.25) is 12.3 Å². The molecule has 0 saturated heterocycles. The molecule has 4 aromatic heterocycles. The summed E-state index contributed by atoms with van der Waals surface area (Å²) in [6, 6.07) is 3.60. The molecular formula is C22H30N6O3S. The van der Waals surface area contributed by atoms with Gasteiger partial charge in [-0.1, -0.05) is 0 Å². The lowest BCUT2D eigenvalue weighted by Gasteiger charge is -2.12. The van der Waals surface area contributed by atoms with Gasteiger partial charge in [-0.3, -0.25) is 4.79 Å². The molecule has 1 aliphatic carbocycles. The predicted octanol–water partition coefficient (Wildman–Crippen LogP) is 4.27. The second-order valence-corrected chi connectivity index (χ2v) is 8.65. The van der Waals surface area contributed by atoms with E-state index in [1.807, 2.05) is 12.3 Å². The smallest absolute Gasteiger partial charge is 0.227 e. The average molecular weight is 459 g/mol. The second kappa shape index (κ2) is 9.49. The SMILES string of the molecule is CN(C)CC1CC1.COc1nc2ncsc2c(OC)c1-c1c[nH]c2nc(NC=O)ccc12.[HH].[HH]. The molecule has 0 aliphatic heterocycles. The maximum absolute atomic E-state index is 10.6. The van der Waals surface area contributed by atoms with E-state index >= 15 is 0 Å². The number of carbonyl (C=O) groups excluding carboxylic acids is 1. The van der Waals surface area contributed by atoms with Crippen molar-refractivity contribution in [2.24, 2.45) is 5.92 Å². The molecule has 4 aromatic rings. The van der Waals surface area contributed by atoms with Gasteiger partial charge >= 0.3 is 0 Å². The van der Waals surface area contributed by atoms with Gasteiger partial charge < -0.3 is 24.7 Å². The number of methoxy groups -OCH3 is 2. The highest BCUT2D eigenvalue weighted by molar-refractivity contribution is 7.17. The Morgan fingerprint density at radius 3 is 2.72 bits per heavy atom. The molecule has 0 spiro atoms. The lowest BCUT2D eigenvalue weighted by molar-refractivity contribution is -0.105. The predicted molar refractivity (Wildman–Crippen MR) is 131 cm³/mol. The van der Waals surface area contributed by atoms with Gasteiger partial charge in [0, 0.05) is 26.5 Å². The van der Waals surface area contributed by atoms with E-state index in [0.717, 1.165) is 27.1 Å². The van der Waals surface area contributed by atoms with Crippen LogP contribution in [0.5, 0.6) is 11.6 Å². The number of anilines is 1. The molecule has 1 aliphatic rings. The fraction of sp³-hybridized carbons (Fsp3) is 0.364. The number of aromatic nitrogens is 4. The number of hydrogen-bond donors (Lipinski definition) is 2. The van der Waals surface area contributed by atoms with Crippen molar-refractivity contribution in [1.82, 2.24) is 24.8 Å². The third kappa shape index (κ3) is 4.51. The van der Waals surface area contributed by atoms with E-state index in [2.05, 4.69) is 44.2 Å². The zero-order valence-corrected chi connectivity index (χ0v) is 19.3. The van der Waals surface area contributed by atoms with E-state index in [-0.39, 0.29) is 2.85 Å². The van der Waals surface area contributed by atoms with Crippen LogP contribution in [0.25, 0.3) is 32.5 Å². The number of H-pyrrole nitrogens is 1. The Balaban J connectivity index is 0.000000393. The average Bonchev–Trinajstić information content (AvgIpc) is 3.30. The molecule has 10 heteroatoms. The van der Waals surface area contributed by atoms with Crippen molar-refractivity contribution >= 4 is 44.9 Å².